The number of H-pyrrole nitrogens is 1. The van der Waals surface area contributed by atoms with Gasteiger partial charge in [-0.2, -0.15) is 0 Å². The molecule has 1 aliphatic rings. The van der Waals surface area contributed by atoms with Crippen molar-refractivity contribution in [2.24, 2.45) is 0 Å². The number of hydrogen-bond donors (Lipinski definition) is 2. The minimum atomic E-state index is -0.424. The van der Waals surface area contributed by atoms with E-state index in [2.05, 4.69) is 42.9 Å². The average molecular weight is 510 g/mol. The summed E-state index contributed by atoms with van der Waals surface area (Å²) < 4.78 is 6.07. The van der Waals surface area contributed by atoms with Gasteiger partial charge < -0.3 is 19.9 Å². The average Bonchev–Trinajstić information content (AvgIpc) is 3.31. The molecule has 196 valence electrons. The molecule has 6 nitrogen and oxygen atoms in total. The van der Waals surface area contributed by atoms with Crippen LogP contribution in [0.5, 0.6) is 5.75 Å². The number of amides is 1. The molecule has 2 N–H and O–H groups in total. The molecule has 1 aromatic heterocycles. The number of nitrogens with one attached hydrogen (secondary N) is 2. The number of hydrogen-bond acceptors (Lipinski definition) is 4. The van der Waals surface area contributed by atoms with Gasteiger partial charge in [-0.15, -0.1) is 0 Å². The first-order chi connectivity index (χ1) is 18.3. The molecule has 0 bridgehead atoms. The number of aromatic nitrogens is 1. The third kappa shape index (κ3) is 4.84. The van der Waals surface area contributed by atoms with Crippen LogP contribution in [0.2, 0.25) is 0 Å². The molecular formula is C32H35N3O3. The molecule has 1 amide bonds. The second kappa shape index (κ2) is 10.5. The van der Waals surface area contributed by atoms with Gasteiger partial charge in [0.05, 0.1) is 12.0 Å². The summed E-state index contributed by atoms with van der Waals surface area (Å²) in [5.41, 5.74) is 5.32. The lowest BCUT2D eigenvalue weighted by Gasteiger charge is -2.32. The Morgan fingerprint density at radius 2 is 1.76 bits per heavy atom. The Balaban J connectivity index is 1.40. The molecule has 38 heavy (non-hydrogen) atoms. The summed E-state index contributed by atoms with van der Waals surface area (Å²) in [5.74, 6) is 0.708. The fraction of sp³-hybridized carbons (Fsp3) is 0.312. The monoisotopic (exact) mass is 509 g/mol. The van der Waals surface area contributed by atoms with E-state index in [0.717, 1.165) is 53.1 Å². The first-order valence-corrected chi connectivity index (χ1v) is 13.4. The first kappa shape index (κ1) is 25.7. The molecule has 0 radical (unpaired) electrons. The van der Waals surface area contributed by atoms with E-state index >= 15 is 0 Å². The number of fused-ring (bicyclic) bond motifs is 4. The number of carbonyl (C=O) groups excluding carboxylic acids is 2. The quantitative estimate of drug-likeness (QED) is 0.293. The number of benzene rings is 3. The van der Waals surface area contributed by atoms with Gasteiger partial charge in [-0.05, 0) is 54.5 Å². The Hall–Kier alpha value is -3.90. The van der Waals surface area contributed by atoms with Crippen LogP contribution in [0.15, 0.2) is 66.7 Å². The van der Waals surface area contributed by atoms with E-state index in [1.54, 1.807) is 0 Å². The van der Waals surface area contributed by atoms with Gasteiger partial charge in [0.15, 0.2) is 5.78 Å². The molecule has 4 aromatic rings. The van der Waals surface area contributed by atoms with E-state index in [-0.39, 0.29) is 11.7 Å². The molecule has 0 fully saturated rings. The van der Waals surface area contributed by atoms with Crippen LogP contribution >= 0.6 is 0 Å². The van der Waals surface area contributed by atoms with Gasteiger partial charge >= 0.3 is 0 Å². The normalized spacial score (nSPS) is 13.9. The highest BCUT2D eigenvalue weighted by molar-refractivity contribution is 6.20. The highest BCUT2D eigenvalue weighted by Gasteiger charge is 2.39. The minimum Gasteiger partial charge on any atom is -0.492 e. The maximum Gasteiger partial charge on any atom is 0.228 e. The van der Waals surface area contributed by atoms with Gasteiger partial charge in [0, 0.05) is 39.8 Å². The fourth-order valence-electron chi connectivity index (χ4n) is 5.40. The Morgan fingerprint density at radius 3 is 2.50 bits per heavy atom. The summed E-state index contributed by atoms with van der Waals surface area (Å²) in [6.07, 6.45) is 0.306. The van der Waals surface area contributed by atoms with Crippen molar-refractivity contribution in [3.05, 3.63) is 94.7 Å². The summed E-state index contributed by atoms with van der Waals surface area (Å²) in [5, 5.41) is 3.86. The van der Waals surface area contributed by atoms with Gasteiger partial charge in [0.25, 0.3) is 0 Å². The number of ether oxygens (including phenoxy) is 1. The van der Waals surface area contributed by atoms with Crippen LogP contribution in [-0.2, 0) is 16.6 Å². The SMILES string of the molecule is CCN(CC)CCOc1ccc2c(c1)C(C)(C)c1[nH]c3cc(NC(=O)Cc4ccccc4)ccc3c1C2=O. The third-order valence-electron chi connectivity index (χ3n) is 7.62. The molecule has 0 saturated carbocycles. The molecule has 1 heterocycles. The van der Waals surface area contributed by atoms with Gasteiger partial charge in [0.1, 0.15) is 12.4 Å². The van der Waals surface area contributed by atoms with E-state index in [4.69, 9.17) is 4.74 Å². The Bertz CT molecular complexity index is 1480. The zero-order valence-electron chi connectivity index (χ0n) is 22.6. The molecular weight excluding hydrogens is 474 g/mol. The topological polar surface area (TPSA) is 74.4 Å². The lowest BCUT2D eigenvalue weighted by molar-refractivity contribution is -0.115. The van der Waals surface area contributed by atoms with E-state index in [0.29, 0.717) is 29.8 Å². The number of nitrogens with zero attached hydrogens (tertiary/aromatic N) is 1. The molecule has 1 aliphatic carbocycles. The first-order valence-electron chi connectivity index (χ1n) is 13.4. The number of ketones is 1. The predicted molar refractivity (Wildman–Crippen MR) is 152 cm³/mol. The Morgan fingerprint density at radius 1 is 1.00 bits per heavy atom. The maximum atomic E-state index is 13.7. The third-order valence-corrected chi connectivity index (χ3v) is 7.62. The van der Waals surface area contributed by atoms with Crippen molar-refractivity contribution >= 4 is 28.3 Å². The van der Waals surface area contributed by atoms with E-state index in [9.17, 15) is 9.59 Å². The van der Waals surface area contributed by atoms with Crippen molar-refractivity contribution in [2.75, 3.05) is 31.6 Å². The molecule has 0 aliphatic heterocycles. The van der Waals surface area contributed by atoms with Crippen LogP contribution in [0.25, 0.3) is 10.9 Å². The van der Waals surface area contributed by atoms with Gasteiger partial charge in [0.2, 0.25) is 5.91 Å². The Kier molecular flexibility index (Phi) is 7.09. The number of rotatable bonds is 9. The van der Waals surface area contributed by atoms with Gasteiger partial charge in [-0.1, -0.05) is 64.1 Å². The zero-order valence-corrected chi connectivity index (χ0v) is 22.6. The Labute approximate surface area is 224 Å². The summed E-state index contributed by atoms with van der Waals surface area (Å²) in [7, 11) is 0. The van der Waals surface area contributed by atoms with Crippen LogP contribution in [0.3, 0.4) is 0 Å². The number of aromatic amines is 1. The van der Waals surface area contributed by atoms with Crippen molar-refractivity contribution in [1.29, 1.82) is 0 Å². The number of likely N-dealkylation sites (N-methyl/N-ethyl adjacent to an activating group) is 1. The van der Waals surface area contributed by atoms with Crippen molar-refractivity contribution in [2.45, 2.75) is 39.5 Å². The largest absolute Gasteiger partial charge is 0.492 e. The maximum absolute atomic E-state index is 13.7. The number of carbonyl (C=O) groups is 2. The highest BCUT2D eigenvalue weighted by atomic mass is 16.5. The van der Waals surface area contributed by atoms with Crippen molar-refractivity contribution < 1.29 is 14.3 Å². The lowest BCUT2D eigenvalue weighted by atomic mass is 9.71. The molecule has 0 saturated heterocycles. The molecule has 6 heteroatoms. The molecule has 0 spiro atoms. The second-order valence-electron chi connectivity index (χ2n) is 10.4. The zero-order chi connectivity index (χ0) is 26.9. The second-order valence-corrected chi connectivity index (χ2v) is 10.4. The predicted octanol–water partition coefficient (Wildman–Crippen LogP) is 5.94. The van der Waals surface area contributed by atoms with E-state index in [1.165, 1.54) is 0 Å². The van der Waals surface area contributed by atoms with Crippen LogP contribution in [0.1, 0.15) is 60.4 Å². The van der Waals surface area contributed by atoms with E-state index < -0.39 is 5.41 Å². The van der Waals surface area contributed by atoms with Crippen LogP contribution < -0.4 is 10.1 Å². The van der Waals surface area contributed by atoms with Crippen molar-refractivity contribution in [1.82, 2.24) is 9.88 Å². The van der Waals surface area contributed by atoms with E-state index in [1.807, 2.05) is 66.7 Å². The smallest absolute Gasteiger partial charge is 0.228 e. The lowest BCUT2D eigenvalue weighted by Crippen LogP contribution is -2.30. The van der Waals surface area contributed by atoms with Crippen molar-refractivity contribution in [3.63, 3.8) is 0 Å². The molecule has 0 unspecified atom stereocenters. The summed E-state index contributed by atoms with van der Waals surface area (Å²) in [6.45, 7) is 12.0. The summed E-state index contributed by atoms with van der Waals surface area (Å²) >= 11 is 0. The minimum absolute atomic E-state index is 0.0103. The van der Waals surface area contributed by atoms with Gasteiger partial charge in [-0.25, -0.2) is 0 Å². The van der Waals surface area contributed by atoms with Gasteiger partial charge in [-0.3, -0.25) is 9.59 Å². The molecule has 5 rings (SSSR count). The van der Waals surface area contributed by atoms with Crippen LogP contribution in [0.4, 0.5) is 5.69 Å². The van der Waals surface area contributed by atoms with Crippen molar-refractivity contribution in [3.8, 4) is 5.75 Å². The standard InChI is InChI=1S/C32H35N3O3/c1-5-35(6-2)16-17-38-23-13-15-24-26(20-23)32(3,4)31-29(30(24)37)25-14-12-22(19-27(25)34-31)33-28(36)18-21-10-8-7-9-11-21/h7-15,19-20,34H,5-6,16-18H2,1-4H3,(H,33,36). The fourth-order valence-corrected chi connectivity index (χ4v) is 5.40. The van der Waals surface area contributed by atoms with Crippen LogP contribution in [-0.4, -0.2) is 47.8 Å². The highest BCUT2D eigenvalue weighted by Crippen LogP contribution is 2.45. The number of anilines is 1. The molecule has 3 aromatic carbocycles. The van der Waals surface area contributed by atoms with Crippen LogP contribution in [0, 0.1) is 0 Å². The summed E-state index contributed by atoms with van der Waals surface area (Å²) in [6, 6.07) is 21.2. The molecule has 0 atom stereocenters. The summed E-state index contributed by atoms with van der Waals surface area (Å²) in [4.78, 5) is 32.1.